The standard InChI is InChI=1S/C14H21NO/c1-3-4-12-15(2)14(16)11-10-13-8-6-5-7-9-13/h5-9H,3-4,10-12H2,1-2H3. The Morgan fingerprint density at radius 1 is 1.25 bits per heavy atom. The molecular formula is C14H21NO. The van der Waals surface area contributed by atoms with E-state index in [4.69, 9.17) is 0 Å². The van der Waals surface area contributed by atoms with Crippen LogP contribution < -0.4 is 0 Å². The molecule has 88 valence electrons. The maximum absolute atomic E-state index is 11.7. The lowest BCUT2D eigenvalue weighted by molar-refractivity contribution is -0.129. The van der Waals surface area contributed by atoms with E-state index in [-0.39, 0.29) is 5.91 Å². The first-order chi connectivity index (χ1) is 7.74. The summed E-state index contributed by atoms with van der Waals surface area (Å²) < 4.78 is 0. The Hall–Kier alpha value is -1.31. The molecule has 1 aromatic rings. The van der Waals surface area contributed by atoms with Gasteiger partial charge in [0.1, 0.15) is 0 Å². The maximum atomic E-state index is 11.7. The molecule has 0 heterocycles. The molecule has 0 aliphatic rings. The van der Waals surface area contributed by atoms with Gasteiger partial charge in [0.05, 0.1) is 0 Å². The molecule has 0 N–H and O–H groups in total. The van der Waals surface area contributed by atoms with Crippen molar-refractivity contribution < 1.29 is 4.79 Å². The average Bonchev–Trinajstić information content (AvgIpc) is 2.34. The van der Waals surface area contributed by atoms with E-state index in [2.05, 4.69) is 19.1 Å². The highest BCUT2D eigenvalue weighted by Gasteiger charge is 2.07. The van der Waals surface area contributed by atoms with Crippen LogP contribution in [0, 0.1) is 0 Å². The van der Waals surface area contributed by atoms with E-state index in [1.165, 1.54) is 5.56 Å². The summed E-state index contributed by atoms with van der Waals surface area (Å²) in [6, 6.07) is 10.2. The second-order valence-electron chi connectivity index (χ2n) is 4.15. The lowest BCUT2D eigenvalue weighted by Crippen LogP contribution is -2.27. The van der Waals surface area contributed by atoms with Gasteiger partial charge < -0.3 is 4.90 Å². The van der Waals surface area contributed by atoms with Crippen molar-refractivity contribution in [1.82, 2.24) is 4.90 Å². The summed E-state index contributed by atoms with van der Waals surface area (Å²) in [5.41, 5.74) is 1.24. The molecular weight excluding hydrogens is 198 g/mol. The van der Waals surface area contributed by atoms with Gasteiger partial charge in [-0.05, 0) is 18.4 Å². The first kappa shape index (κ1) is 12.8. The number of unbranched alkanes of at least 4 members (excludes halogenated alkanes) is 1. The number of carbonyl (C=O) groups is 1. The fourth-order valence-corrected chi connectivity index (χ4v) is 1.61. The summed E-state index contributed by atoms with van der Waals surface area (Å²) in [5, 5.41) is 0. The minimum absolute atomic E-state index is 0.248. The number of rotatable bonds is 6. The Morgan fingerprint density at radius 3 is 2.56 bits per heavy atom. The Kier molecular flexibility index (Phi) is 5.62. The predicted octanol–water partition coefficient (Wildman–Crippen LogP) is 2.88. The van der Waals surface area contributed by atoms with Gasteiger partial charge >= 0.3 is 0 Å². The molecule has 2 nitrogen and oxygen atoms in total. The van der Waals surface area contributed by atoms with Gasteiger partial charge in [0.15, 0.2) is 0 Å². The predicted molar refractivity (Wildman–Crippen MR) is 67.3 cm³/mol. The van der Waals surface area contributed by atoms with Gasteiger partial charge in [-0.25, -0.2) is 0 Å². The molecule has 0 bridgehead atoms. The number of hydrogen-bond donors (Lipinski definition) is 0. The van der Waals surface area contributed by atoms with E-state index < -0.39 is 0 Å². The molecule has 0 aliphatic heterocycles. The molecule has 0 radical (unpaired) electrons. The molecule has 0 aromatic heterocycles. The highest BCUT2D eigenvalue weighted by Crippen LogP contribution is 2.04. The third-order valence-electron chi connectivity index (χ3n) is 2.74. The first-order valence-corrected chi connectivity index (χ1v) is 6.02. The highest BCUT2D eigenvalue weighted by atomic mass is 16.2. The summed E-state index contributed by atoms with van der Waals surface area (Å²) in [5.74, 6) is 0.248. The maximum Gasteiger partial charge on any atom is 0.222 e. The van der Waals surface area contributed by atoms with E-state index in [1.54, 1.807) is 0 Å². The summed E-state index contributed by atoms with van der Waals surface area (Å²) >= 11 is 0. The van der Waals surface area contributed by atoms with Gasteiger partial charge in [-0.15, -0.1) is 0 Å². The van der Waals surface area contributed by atoms with Crippen molar-refractivity contribution >= 4 is 5.91 Å². The van der Waals surface area contributed by atoms with E-state index >= 15 is 0 Å². The SMILES string of the molecule is CCCCN(C)C(=O)CCc1ccccc1. The van der Waals surface area contributed by atoms with Crippen molar-refractivity contribution in [3.05, 3.63) is 35.9 Å². The van der Waals surface area contributed by atoms with Gasteiger partial charge in [-0.1, -0.05) is 43.7 Å². The van der Waals surface area contributed by atoms with Crippen molar-refractivity contribution in [2.24, 2.45) is 0 Å². The van der Waals surface area contributed by atoms with Crippen molar-refractivity contribution in [1.29, 1.82) is 0 Å². The number of hydrogen-bond acceptors (Lipinski definition) is 1. The van der Waals surface area contributed by atoms with E-state index in [0.717, 1.165) is 25.8 Å². The van der Waals surface area contributed by atoms with Crippen LogP contribution in [0.3, 0.4) is 0 Å². The Labute approximate surface area is 98.3 Å². The molecule has 0 fully saturated rings. The molecule has 1 aromatic carbocycles. The summed E-state index contributed by atoms with van der Waals surface area (Å²) in [4.78, 5) is 13.6. The molecule has 0 unspecified atom stereocenters. The summed E-state index contributed by atoms with van der Waals surface area (Å²) in [6.45, 7) is 3.02. The molecule has 0 saturated carbocycles. The monoisotopic (exact) mass is 219 g/mol. The summed E-state index contributed by atoms with van der Waals surface area (Å²) in [6.07, 6.45) is 3.68. The molecule has 0 saturated heterocycles. The minimum atomic E-state index is 0.248. The van der Waals surface area contributed by atoms with Crippen molar-refractivity contribution in [2.45, 2.75) is 32.6 Å². The van der Waals surface area contributed by atoms with Gasteiger partial charge in [-0.2, -0.15) is 0 Å². The first-order valence-electron chi connectivity index (χ1n) is 6.02. The molecule has 1 rings (SSSR count). The topological polar surface area (TPSA) is 20.3 Å². The third kappa shape index (κ3) is 4.47. The largest absolute Gasteiger partial charge is 0.346 e. The van der Waals surface area contributed by atoms with Crippen LogP contribution in [0.15, 0.2) is 30.3 Å². The number of amides is 1. The zero-order chi connectivity index (χ0) is 11.8. The van der Waals surface area contributed by atoms with Crippen LogP contribution in [0.1, 0.15) is 31.7 Å². The molecule has 0 spiro atoms. The smallest absolute Gasteiger partial charge is 0.222 e. The molecule has 0 atom stereocenters. The normalized spacial score (nSPS) is 10.1. The van der Waals surface area contributed by atoms with Crippen LogP contribution >= 0.6 is 0 Å². The third-order valence-corrected chi connectivity index (χ3v) is 2.74. The molecule has 0 aliphatic carbocycles. The molecule has 1 amide bonds. The highest BCUT2D eigenvalue weighted by molar-refractivity contribution is 5.76. The lowest BCUT2D eigenvalue weighted by Gasteiger charge is -2.16. The van der Waals surface area contributed by atoms with E-state index in [0.29, 0.717) is 6.42 Å². The van der Waals surface area contributed by atoms with Crippen molar-refractivity contribution in [3.63, 3.8) is 0 Å². The van der Waals surface area contributed by atoms with Crippen LogP contribution in [0.4, 0.5) is 0 Å². The lowest BCUT2D eigenvalue weighted by atomic mass is 10.1. The van der Waals surface area contributed by atoms with Gasteiger partial charge in [0, 0.05) is 20.0 Å². The minimum Gasteiger partial charge on any atom is -0.346 e. The van der Waals surface area contributed by atoms with Crippen LogP contribution in [-0.2, 0) is 11.2 Å². The zero-order valence-electron chi connectivity index (χ0n) is 10.3. The Bertz CT molecular complexity index is 308. The van der Waals surface area contributed by atoms with Gasteiger partial charge in [-0.3, -0.25) is 4.79 Å². The number of nitrogens with zero attached hydrogens (tertiary/aromatic N) is 1. The van der Waals surface area contributed by atoms with Crippen molar-refractivity contribution in [2.75, 3.05) is 13.6 Å². The zero-order valence-corrected chi connectivity index (χ0v) is 10.3. The fraction of sp³-hybridized carbons (Fsp3) is 0.500. The van der Waals surface area contributed by atoms with Crippen molar-refractivity contribution in [3.8, 4) is 0 Å². The second kappa shape index (κ2) is 7.04. The van der Waals surface area contributed by atoms with Crippen LogP contribution in [-0.4, -0.2) is 24.4 Å². The number of aryl methyl sites for hydroxylation is 1. The molecule has 16 heavy (non-hydrogen) atoms. The Morgan fingerprint density at radius 2 is 1.94 bits per heavy atom. The van der Waals surface area contributed by atoms with Crippen LogP contribution in [0.2, 0.25) is 0 Å². The van der Waals surface area contributed by atoms with E-state index in [9.17, 15) is 4.79 Å². The average molecular weight is 219 g/mol. The van der Waals surface area contributed by atoms with Crippen LogP contribution in [0.25, 0.3) is 0 Å². The van der Waals surface area contributed by atoms with Crippen LogP contribution in [0.5, 0.6) is 0 Å². The summed E-state index contributed by atoms with van der Waals surface area (Å²) in [7, 11) is 1.89. The fourth-order valence-electron chi connectivity index (χ4n) is 1.61. The number of carbonyl (C=O) groups excluding carboxylic acids is 1. The molecule has 2 heteroatoms. The van der Waals surface area contributed by atoms with Gasteiger partial charge in [0.25, 0.3) is 0 Å². The van der Waals surface area contributed by atoms with Gasteiger partial charge in [0.2, 0.25) is 5.91 Å². The van der Waals surface area contributed by atoms with E-state index in [1.807, 2.05) is 30.1 Å². The Balaban J connectivity index is 2.29. The number of benzene rings is 1. The quantitative estimate of drug-likeness (QED) is 0.720. The second-order valence-corrected chi connectivity index (χ2v) is 4.15.